The average Bonchev–Trinajstić information content (AvgIpc) is 2.54. The second-order valence-corrected chi connectivity index (χ2v) is 6.35. The van der Waals surface area contributed by atoms with Gasteiger partial charge >= 0.3 is 0 Å². The quantitative estimate of drug-likeness (QED) is 0.842. The van der Waals surface area contributed by atoms with Gasteiger partial charge in [-0.1, -0.05) is 6.42 Å². The first-order valence-electron chi connectivity index (χ1n) is 8.12. The van der Waals surface area contributed by atoms with Crippen LogP contribution in [-0.4, -0.2) is 22.6 Å². The van der Waals surface area contributed by atoms with E-state index >= 15 is 0 Å². The van der Waals surface area contributed by atoms with Gasteiger partial charge in [0.2, 0.25) is 11.9 Å². The minimum Gasteiger partial charge on any atom is -0.369 e. The predicted molar refractivity (Wildman–Crippen MR) is 93.2 cm³/mol. The van der Waals surface area contributed by atoms with E-state index in [0.717, 1.165) is 36.9 Å². The Kier molecular flexibility index (Phi) is 3.37. The summed E-state index contributed by atoms with van der Waals surface area (Å²) in [5.41, 5.74) is 13.1. The number of halogens is 1. The SMILES string of the molecule is NC1=NC2(CCCCC2)N(c2ccc3ncc(F)cc3c2)C(N)=N1. The van der Waals surface area contributed by atoms with Crippen LogP contribution in [0.2, 0.25) is 0 Å². The summed E-state index contributed by atoms with van der Waals surface area (Å²) in [6.45, 7) is 0. The fraction of sp³-hybridized carbons (Fsp3) is 0.353. The van der Waals surface area contributed by atoms with Crippen LogP contribution in [0.1, 0.15) is 32.1 Å². The number of guanidine groups is 2. The predicted octanol–water partition coefficient (Wildman–Crippen LogP) is 2.48. The van der Waals surface area contributed by atoms with Crippen LogP contribution in [0, 0.1) is 5.82 Å². The molecule has 1 aromatic heterocycles. The van der Waals surface area contributed by atoms with Gasteiger partial charge in [0.1, 0.15) is 11.5 Å². The zero-order valence-corrected chi connectivity index (χ0v) is 13.2. The molecule has 1 fully saturated rings. The molecular weight excluding hydrogens is 307 g/mol. The van der Waals surface area contributed by atoms with Gasteiger partial charge in [-0.15, -0.1) is 0 Å². The fourth-order valence-corrected chi connectivity index (χ4v) is 3.73. The van der Waals surface area contributed by atoms with E-state index in [-0.39, 0.29) is 11.8 Å². The van der Waals surface area contributed by atoms with E-state index in [9.17, 15) is 4.39 Å². The molecule has 0 saturated heterocycles. The van der Waals surface area contributed by atoms with Gasteiger partial charge in [0.25, 0.3) is 0 Å². The highest BCUT2D eigenvalue weighted by Crippen LogP contribution is 2.40. The summed E-state index contributed by atoms with van der Waals surface area (Å²) in [5, 5.41) is 0.716. The molecule has 2 heterocycles. The molecule has 4 rings (SSSR count). The number of anilines is 1. The number of aromatic nitrogens is 1. The molecule has 1 aliphatic heterocycles. The second kappa shape index (κ2) is 5.43. The third-order valence-corrected chi connectivity index (χ3v) is 4.74. The fourth-order valence-electron chi connectivity index (χ4n) is 3.73. The smallest absolute Gasteiger partial charge is 0.220 e. The third-order valence-electron chi connectivity index (χ3n) is 4.74. The van der Waals surface area contributed by atoms with E-state index in [2.05, 4.69) is 15.0 Å². The minimum atomic E-state index is -0.497. The number of pyridine rings is 1. The Morgan fingerprint density at radius 3 is 2.67 bits per heavy atom. The van der Waals surface area contributed by atoms with Gasteiger partial charge in [0, 0.05) is 11.1 Å². The molecule has 0 bridgehead atoms. The average molecular weight is 326 g/mol. The Labute approximate surface area is 139 Å². The van der Waals surface area contributed by atoms with E-state index in [1.54, 1.807) is 0 Å². The Morgan fingerprint density at radius 1 is 1.08 bits per heavy atom. The molecule has 2 aliphatic rings. The summed E-state index contributed by atoms with van der Waals surface area (Å²) in [6.07, 6.45) is 6.24. The number of nitrogens with zero attached hydrogens (tertiary/aromatic N) is 4. The van der Waals surface area contributed by atoms with Crippen LogP contribution in [0.15, 0.2) is 40.4 Å². The Hall–Kier alpha value is -2.70. The monoisotopic (exact) mass is 326 g/mol. The molecule has 7 heteroatoms. The van der Waals surface area contributed by atoms with Crippen LogP contribution in [0.5, 0.6) is 0 Å². The van der Waals surface area contributed by atoms with Crippen molar-refractivity contribution in [2.24, 2.45) is 21.5 Å². The van der Waals surface area contributed by atoms with Gasteiger partial charge in [-0.05, 0) is 49.9 Å². The highest BCUT2D eigenvalue weighted by molar-refractivity contribution is 6.06. The lowest BCUT2D eigenvalue weighted by atomic mass is 9.87. The standard InChI is InChI=1S/C17H19FN6/c18-12-8-11-9-13(4-5-14(11)21-10-12)24-16(20)22-15(19)23-17(24)6-2-1-3-7-17/h4-5,8-10H,1-3,6-7H2,(H4,19,20,22,23). The van der Waals surface area contributed by atoms with Crippen LogP contribution >= 0.6 is 0 Å². The molecule has 0 radical (unpaired) electrons. The molecule has 1 aliphatic carbocycles. The number of fused-ring (bicyclic) bond motifs is 1. The van der Waals surface area contributed by atoms with E-state index in [1.807, 2.05) is 23.1 Å². The number of rotatable bonds is 1. The molecule has 2 aromatic rings. The van der Waals surface area contributed by atoms with E-state index in [1.165, 1.54) is 18.7 Å². The number of hydrogen-bond donors (Lipinski definition) is 2. The molecule has 124 valence electrons. The van der Waals surface area contributed by atoms with Crippen LogP contribution in [0.25, 0.3) is 10.9 Å². The Balaban J connectivity index is 1.84. The van der Waals surface area contributed by atoms with Gasteiger partial charge in [-0.25, -0.2) is 9.38 Å². The molecule has 1 saturated carbocycles. The summed E-state index contributed by atoms with van der Waals surface area (Å²) in [7, 11) is 0. The maximum Gasteiger partial charge on any atom is 0.220 e. The lowest BCUT2D eigenvalue weighted by Gasteiger charge is -2.45. The highest BCUT2D eigenvalue weighted by Gasteiger charge is 2.42. The lowest BCUT2D eigenvalue weighted by molar-refractivity contribution is 0.305. The molecular formula is C17H19FN6. The molecule has 4 N–H and O–H groups in total. The van der Waals surface area contributed by atoms with Crippen LogP contribution in [0.4, 0.5) is 10.1 Å². The van der Waals surface area contributed by atoms with Crippen LogP contribution < -0.4 is 16.4 Å². The van der Waals surface area contributed by atoms with E-state index < -0.39 is 5.66 Å². The number of hydrogen-bond acceptors (Lipinski definition) is 6. The molecule has 0 atom stereocenters. The van der Waals surface area contributed by atoms with Gasteiger partial charge in [0.05, 0.1) is 11.7 Å². The van der Waals surface area contributed by atoms with Gasteiger partial charge in [-0.3, -0.25) is 9.88 Å². The lowest BCUT2D eigenvalue weighted by Crippen LogP contribution is -2.58. The maximum atomic E-state index is 13.5. The normalized spacial score (nSPS) is 20.1. The van der Waals surface area contributed by atoms with Crippen molar-refractivity contribution in [3.63, 3.8) is 0 Å². The molecule has 24 heavy (non-hydrogen) atoms. The zero-order chi connectivity index (χ0) is 16.7. The molecule has 0 unspecified atom stereocenters. The van der Waals surface area contributed by atoms with Crippen molar-refractivity contribution in [2.75, 3.05) is 4.90 Å². The summed E-state index contributed by atoms with van der Waals surface area (Å²) < 4.78 is 13.5. The largest absolute Gasteiger partial charge is 0.369 e. The van der Waals surface area contributed by atoms with Gasteiger partial charge < -0.3 is 11.5 Å². The van der Waals surface area contributed by atoms with Gasteiger partial charge in [-0.2, -0.15) is 4.99 Å². The van der Waals surface area contributed by atoms with Crippen molar-refractivity contribution in [1.82, 2.24) is 4.98 Å². The molecule has 1 aromatic carbocycles. The minimum absolute atomic E-state index is 0.221. The summed E-state index contributed by atoms with van der Waals surface area (Å²) in [4.78, 5) is 14.8. The highest BCUT2D eigenvalue weighted by atomic mass is 19.1. The number of benzene rings is 1. The van der Waals surface area contributed by atoms with Crippen molar-refractivity contribution < 1.29 is 4.39 Å². The zero-order valence-electron chi connectivity index (χ0n) is 13.2. The van der Waals surface area contributed by atoms with Crippen molar-refractivity contribution >= 4 is 28.5 Å². The Bertz CT molecular complexity index is 853. The number of aliphatic imine (C=N–C) groups is 2. The first-order valence-corrected chi connectivity index (χ1v) is 8.12. The van der Waals surface area contributed by atoms with Crippen molar-refractivity contribution in [3.05, 3.63) is 36.3 Å². The topological polar surface area (TPSA) is 92.9 Å². The van der Waals surface area contributed by atoms with Crippen LogP contribution in [-0.2, 0) is 0 Å². The Morgan fingerprint density at radius 2 is 1.88 bits per heavy atom. The van der Waals surface area contributed by atoms with E-state index in [0.29, 0.717) is 11.3 Å². The molecule has 6 nitrogen and oxygen atoms in total. The maximum absolute atomic E-state index is 13.5. The number of nitrogens with two attached hydrogens (primary N) is 2. The summed E-state index contributed by atoms with van der Waals surface area (Å²) >= 11 is 0. The van der Waals surface area contributed by atoms with E-state index in [4.69, 9.17) is 11.5 Å². The van der Waals surface area contributed by atoms with Crippen molar-refractivity contribution in [2.45, 2.75) is 37.8 Å². The van der Waals surface area contributed by atoms with Crippen molar-refractivity contribution in [3.8, 4) is 0 Å². The summed E-state index contributed by atoms with van der Waals surface area (Å²) in [6, 6.07) is 7.12. The first-order chi connectivity index (χ1) is 11.6. The second-order valence-electron chi connectivity index (χ2n) is 6.35. The summed E-state index contributed by atoms with van der Waals surface area (Å²) in [5.74, 6) is 0.182. The first kappa shape index (κ1) is 14.9. The van der Waals surface area contributed by atoms with Crippen LogP contribution in [0.3, 0.4) is 0 Å². The molecule has 0 amide bonds. The molecule has 1 spiro atoms. The third kappa shape index (κ3) is 2.36. The van der Waals surface area contributed by atoms with Gasteiger partial charge in [0.15, 0.2) is 0 Å². The van der Waals surface area contributed by atoms with Crippen molar-refractivity contribution in [1.29, 1.82) is 0 Å².